The van der Waals surface area contributed by atoms with E-state index >= 15 is 0 Å². The topological polar surface area (TPSA) is 38.1 Å². The molecule has 1 fully saturated rings. The van der Waals surface area contributed by atoms with E-state index in [4.69, 9.17) is 4.42 Å². The number of oxazole rings is 1. The van der Waals surface area contributed by atoms with E-state index in [2.05, 4.69) is 17.2 Å². The number of para-hydroxylation sites is 2. The van der Waals surface area contributed by atoms with E-state index in [9.17, 15) is 0 Å². The van der Waals surface area contributed by atoms with Gasteiger partial charge >= 0.3 is 0 Å². The fourth-order valence-electron chi connectivity index (χ4n) is 3.02. The summed E-state index contributed by atoms with van der Waals surface area (Å²) < 4.78 is 5.68. The molecule has 102 valence electrons. The molecule has 1 N–H and O–H groups in total. The normalized spacial score (nSPS) is 23.6. The number of benzene rings is 1. The largest absolute Gasteiger partial charge is 0.424 e. The van der Waals surface area contributed by atoms with Crippen LogP contribution in [0.15, 0.2) is 28.7 Å². The van der Waals surface area contributed by atoms with Gasteiger partial charge in [0.25, 0.3) is 6.01 Å². The number of rotatable bonds is 4. The highest BCUT2D eigenvalue weighted by molar-refractivity contribution is 5.74. The van der Waals surface area contributed by atoms with E-state index in [1.165, 1.54) is 32.1 Å². The Labute approximate surface area is 114 Å². The molecule has 1 aromatic heterocycles. The third-order valence-corrected chi connectivity index (χ3v) is 4.38. The van der Waals surface area contributed by atoms with Gasteiger partial charge < -0.3 is 9.73 Å². The number of nitrogens with zero attached hydrogens (tertiary/aromatic N) is 1. The van der Waals surface area contributed by atoms with Gasteiger partial charge in [-0.15, -0.1) is 0 Å². The van der Waals surface area contributed by atoms with E-state index in [1.807, 2.05) is 24.3 Å². The molecule has 3 nitrogen and oxygen atoms in total. The molecule has 0 spiro atoms. The first-order chi connectivity index (χ1) is 9.35. The van der Waals surface area contributed by atoms with E-state index in [1.54, 1.807) is 0 Å². The van der Waals surface area contributed by atoms with Crippen LogP contribution in [0.25, 0.3) is 11.1 Å². The first-order valence-electron chi connectivity index (χ1n) is 7.44. The van der Waals surface area contributed by atoms with Gasteiger partial charge in [-0.3, -0.25) is 0 Å². The maximum Gasteiger partial charge on any atom is 0.295 e. The fourth-order valence-corrected chi connectivity index (χ4v) is 3.02. The maximum absolute atomic E-state index is 5.68. The SMILES string of the molecule is CC[C@H]1CC[C@H](CNc2nc3ccccc3o2)CC1. The molecule has 1 saturated carbocycles. The van der Waals surface area contributed by atoms with E-state index in [-0.39, 0.29) is 0 Å². The average Bonchev–Trinajstić information content (AvgIpc) is 2.88. The lowest BCUT2D eigenvalue weighted by atomic mass is 9.81. The third kappa shape index (κ3) is 2.91. The van der Waals surface area contributed by atoms with Crippen LogP contribution in [0.1, 0.15) is 39.0 Å². The van der Waals surface area contributed by atoms with Crippen molar-refractivity contribution in [3.8, 4) is 0 Å². The Morgan fingerprint density at radius 2 is 1.89 bits per heavy atom. The van der Waals surface area contributed by atoms with Crippen molar-refractivity contribution in [2.24, 2.45) is 11.8 Å². The van der Waals surface area contributed by atoms with Crippen molar-refractivity contribution < 1.29 is 4.42 Å². The summed E-state index contributed by atoms with van der Waals surface area (Å²) in [5.74, 6) is 1.73. The number of hydrogen-bond donors (Lipinski definition) is 1. The van der Waals surface area contributed by atoms with Crippen LogP contribution in [0.4, 0.5) is 6.01 Å². The lowest BCUT2D eigenvalue weighted by Gasteiger charge is -2.27. The Kier molecular flexibility index (Phi) is 3.72. The van der Waals surface area contributed by atoms with Gasteiger partial charge in [0.1, 0.15) is 5.52 Å². The number of nitrogens with one attached hydrogen (secondary N) is 1. The van der Waals surface area contributed by atoms with Crippen molar-refractivity contribution in [1.82, 2.24) is 4.98 Å². The number of hydrogen-bond acceptors (Lipinski definition) is 3. The zero-order chi connectivity index (χ0) is 13.1. The summed E-state index contributed by atoms with van der Waals surface area (Å²) in [4.78, 5) is 4.45. The average molecular weight is 258 g/mol. The summed E-state index contributed by atoms with van der Waals surface area (Å²) >= 11 is 0. The molecule has 1 heterocycles. The van der Waals surface area contributed by atoms with Crippen LogP contribution >= 0.6 is 0 Å². The monoisotopic (exact) mass is 258 g/mol. The molecule has 0 atom stereocenters. The Hall–Kier alpha value is -1.51. The highest BCUT2D eigenvalue weighted by Gasteiger charge is 2.20. The molecule has 0 saturated heterocycles. The molecule has 1 aliphatic carbocycles. The highest BCUT2D eigenvalue weighted by Crippen LogP contribution is 2.30. The molecular weight excluding hydrogens is 236 g/mol. The lowest BCUT2D eigenvalue weighted by Crippen LogP contribution is -2.21. The summed E-state index contributed by atoms with van der Waals surface area (Å²) in [6.45, 7) is 3.30. The van der Waals surface area contributed by atoms with Crippen LogP contribution < -0.4 is 5.32 Å². The van der Waals surface area contributed by atoms with Crippen molar-refractivity contribution in [3.05, 3.63) is 24.3 Å². The van der Waals surface area contributed by atoms with Gasteiger partial charge in [0, 0.05) is 6.54 Å². The van der Waals surface area contributed by atoms with Crippen molar-refractivity contribution in [2.75, 3.05) is 11.9 Å². The summed E-state index contributed by atoms with van der Waals surface area (Å²) in [6, 6.07) is 8.57. The van der Waals surface area contributed by atoms with Gasteiger partial charge in [-0.2, -0.15) is 4.98 Å². The lowest BCUT2D eigenvalue weighted by molar-refractivity contribution is 0.277. The standard InChI is InChI=1S/C16H22N2O/c1-2-12-7-9-13(10-8-12)11-17-16-18-14-5-3-4-6-15(14)19-16/h3-6,12-13H,2,7-11H2,1H3,(H,17,18)/t12-,13-. The van der Waals surface area contributed by atoms with Gasteiger partial charge in [-0.1, -0.05) is 38.3 Å². The van der Waals surface area contributed by atoms with Gasteiger partial charge in [0.2, 0.25) is 0 Å². The van der Waals surface area contributed by atoms with Crippen molar-refractivity contribution in [2.45, 2.75) is 39.0 Å². The Morgan fingerprint density at radius 3 is 2.63 bits per heavy atom. The minimum absolute atomic E-state index is 0.666. The zero-order valence-corrected chi connectivity index (χ0v) is 11.6. The van der Waals surface area contributed by atoms with Gasteiger partial charge in [-0.05, 0) is 36.8 Å². The zero-order valence-electron chi connectivity index (χ0n) is 11.6. The molecule has 0 radical (unpaired) electrons. The molecule has 19 heavy (non-hydrogen) atoms. The molecule has 3 rings (SSSR count). The fraction of sp³-hybridized carbons (Fsp3) is 0.562. The van der Waals surface area contributed by atoms with Crippen LogP contribution in [0.2, 0.25) is 0 Å². The van der Waals surface area contributed by atoms with Crippen molar-refractivity contribution >= 4 is 17.1 Å². The molecule has 0 bridgehead atoms. The Bertz CT molecular complexity index is 493. The van der Waals surface area contributed by atoms with Crippen LogP contribution in [0.5, 0.6) is 0 Å². The van der Waals surface area contributed by atoms with Crippen molar-refractivity contribution in [3.63, 3.8) is 0 Å². The Balaban J connectivity index is 1.55. The van der Waals surface area contributed by atoms with E-state index in [0.717, 1.165) is 29.5 Å². The molecular formula is C16H22N2O. The first-order valence-corrected chi connectivity index (χ1v) is 7.44. The summed E-state index contributed by atoms with van der Waals surface area (Å²) in [5, 5.41) is 3.36. The summed E-state index contributed by atoms with van der Waals surface area (Å²) in [5.41, 5.74) is 1.79. The van der Waals surface area contributed by atoms with E-state index < -0.39 is 0 Å². The Morgan fingerprint density at radius 1 is 1.16 bits per heavy atom. The summed E-state index contributed by atoms with van der Waals surface area (Å²) in [7, 11) is 0. The predicted octanol–water partition coefficient (Wildman–Crippen LogP) is 4.46. The molecule has 0 unspecified atom stereocenters. The molecule has 1 aromatic carbocycles. The molecule has 2 aromatic rings. The number of fused-ring (bicyclic) bond motifs is 1. The number of aromatic nitrogens is 1. The highest BCUT2D eigenvalue weighted by atomic mass is 16.4. The quantitative estimate of drug-likeness (QED) is 0.880. The molecule has 1 aliphatic rings. The van der Waals surface area contributed by atoms with E-state index in [0.29, 0.717) is 6.01 Å². The predicted molar refractivity (Wildman–Crippen MR) is 78.2 cm³/mol. The molecule has 0 aliphatic heterocycles. The second-order valence-corrected chi connectivity index (χ2v) is 5.66. The smallest absolute Gasteiger partial charge is 0.295 e. The van der Waals surface area contributed by atoms with Crippen LogP contribution in [-0.4, -0.2) is 11.5 Å². The maximum atomic E-state index is 5.68. The van der Waals surface area contributed by atoms with Crippen LogP contribution in [0.3, 0.4) is 0 Å². The molecule has 0 amide bonds. The molecule has 3 heteroatoms. The van der Waals surface area contributed by atoms with Gasteiger partial charge in [0.05, 0.1) is 0 Å². The first kappa shape index (κ1) is 12.5. The van der Waals surface area contributed by atoms with Crippen molar-refractivity contribution in [1.29, 1.82) is 0 Å². The van der Waals surface area contributed by atoms with Gasteiger partial charge in [-0.25, -0.2) is 0 Å². The van der Waals surface area contributed by atoms with Crippen LogP contribution in [-0.2, 0) is 0 Å². The third-order valence-electron chi connectivity index (χ3n) is 4.38. The van der Waals surface area contributed by atoms with Gasteiger partial charge in [0.15, 0.2) is 5.58 Å². The second kappa shape index (κ2) is 5.64. The second-order valence-electron chi connectivity index (χ2n) is 5.66. The number of anilines is 1. The summed E-state index contributed by atoms with van der Waals surface area (Å²) in [6.07, 6.45) is 6.79. The minimum Gasteiger partial charge on any atom is -0.424 e. The minimum atomic E-state index is 0.666. The van der Waals surface area contributed by atoms with Crippen LogP contribution in [0, 0.1) is 11.8 Å².